The Morgan fingerprint density at radius 2 is 1.86 bits per heavy atom. The zero-order valence-electron chi connectivity index (χ0n) is 11.2. The lowest BCUT2D eigenvalue weighted by Gasteiger charge is -2.08. The molecule has 21 heavy (non-hydrogen) atoms. The summed E-state index contributed by atoms with van der Waals surface area (Å²) in [5.74, 6) is 1.26. The highest BCUT2D eigenvalue weighted by Crippen LogP contribution is 2.23. The first kappa shape index (κ1) is 13.4. The Morgan fingerprint density at radius 1 is 1.10 bits per heavy atom. The van der Waals surface area contributed by atoms with Crippen molar-refractivity contribution in [2.75, 3.05) is 12.4 Å². The molecule has 6 nitrogen and oxygen atoms in total. The second-order valence-corrected chi connectivity index (χ2v) is 4.63. The van der Waals surface area contributed by atoms with Crippen LogP contribution < -0.4 is 10.1 Å². The zero-order chi connectivity index (χ0) is 14.7. The van der Waals surface area contributed by atoms with E-state index in [1.165, 1.54) is 0 Å². The molecule has 1 heterocycles. The van der Waals surface area contributed by atoms with Crippen molar-refractivity contribution in [1.29, 1.82) is 0 Å². The predicted molar refractivity (Wildman–Crippen MR) is 80.4 cm³/mol. The van der Waals surface area contributed by atoms with Crippen LogP contribution in [0.4, 0.5) is 11.6 Å². The van der Waals surface area contributed by atoms with Gasteiger partial charge in [0.05, 0.1) is 17.8 Å². The fraction of sp³-hybridized carbons (Fsp3) is 0.0714. The van der Waals surface area contributed by atoms with E-state index in [1.807, 2.05) is 42.5 Å². The molecule has 0 spiro atoms. The first-order valence-corrected chi connectivity index (χ1v) is 6.60. The molecule has 0 bridgehead atoms. The number of anilines is 2. The number of tetrazole rings is 1. The summed E-state index contributed by atoms with van der Waals surface area (Å²) in [6, 6.07) is 14.8. The van der Waals surface area contributed by atoms with Crippen LogP contribution in [0, 0.1) is 0 Å². The van der Waals surface area contributed by atoms with Crippen LogP contribution in [0.15, 0.2) is 48.5 Å². The van der Waals surface area contributed by atoms with E-state index in [9.17, 15) is 0 Å². The molecule has 0 saturated carbocycles. The summed E-state index contributed by atoms with van der Waals surface area (Å²) in [4.78, 5) is 0. The number of methoxy groups -OCH3 is 1. The minimum atomic E-state index is 0.480. The first-order valence-electron chi connectivity index (χ1n) is 6.22. The molecule has 1 N–H and O–H groups in total. The SMILES string of the molecule is COc1ccc(Nc2nnnn2-c2ccccc2Cl)cc1. The summed E-state index contributed by atoms with van der Waals surface area (Å²) in [6.45, 7) is 0. The number of para-hydroxylation sites is 1. The van der Waals surface area contributed by atoms with E-state index in [0.717, 1.165) is 11.4 Å². The van der Waals surface area contributed by atoms with E-state index in [4.69, 9.17) is 16.3 Å². The van der Waals surface area contributed by atoms with Crippen molar-refractivity contribution >= 4 is 23.2 Å². The number of rotatable bonds is 4. The molecule has 0 saturated heterocycles. The molecular weight excluding hydrogens is 290 g/mol. The highest BCUT2D eigenvalue weighted by atomic mass is 35.5. The Hall–Kier alpha value is -2.60. The molecule has 0 aliphatic heterocycles. The Labute approximate surface area is 126 Å². The van der Waals surface area contributed by atoms with Crippen molar-refractivity contribution in [2.45, 2.75) is 0 Å². The van der Waals surface area contributed by atoms with Gasteiger partial charge in [-0.05, 0) is 46.8 Å². The van der Waals surface area contributed by atoms with Crippen LogP contribution in [0.3, 0.4) is 0 Å². The van der Waals surface area contributed by atoms with Crippen LogP contribution in [0.1, 0.15) is 0 Å². The van der Waals surface area contributed by atoms with E-state index >= 15 is 0 Å². The summed E-state index contributed by atoms with van der Waals surface area (Å²) in [5.41, 5.74) is 1.55. The summed E-state index contributed by atoms with van der Waals surface area (Å²) in [7, 11) is 1.63. The molecule has 7 heteroatoms. The second-order valence-electron chi connectivity index (χ2n) is 4.22. The van der Waals surface area contributed by atoms with Crippen LogP contribution in [0.25, 0.3) is 5.69 Å². The maximum Gasteiger partial charge on any atom is 0.252 e. The molecule has 0 atom stereocenters. The zero-order valence-corrected chi connectivity index (χ0v) is 11.9. The molecule has 2 aromatic carbocycles. The van der Waals surface area contributed by atoms with Gasteiger partial charge in [0.2, 0.25) is 0 Å². The quantitative estimate of drug-likeness (QED) is 0.802. The van der Waals surface area contributed by atoms with Gasteiger partial charge in [-0.1, -0.05) is 28.8 Å². The molecule has 3 aromatic rings. The molecule has 0 unspecified atom stereocenters. The molecule has 0 aliphatic carbocycles. The van der Waals surface area contributed by atoms with E-state index in [-0.39, 0.29) is 0 Å². The van der Waals surface area contributed by atoms with Crippen LogP contribution in [0.5, 0.6) is 5.75 Å². The van der Waals surface area contributed by atoms with E-state index < -0.39 is 0 Å². The van der Waals surface area contributed by atoms with Crippen molar-refractivity contribution in [3.8, 4) is 11.4 Å². The van der Waals surface area contributed by atoms with Crippen molar-refractivity contribution in [3.05, 3.63) is 53.6 Å². The average molecular weight is 302 g/mol. The topological polar surface area (TPSA) is 64.9 Å². The van der Waals surface area contributed by atoms with Gasteiger partial charge in [-0.25, -0.2) is 0 Å². The maximum absolute atomic E-state index is 6.17. The number of nitrogens with zero attached hydrogens (tertiary/aromatic N) is 4. The summed E-state index contributed by atoms with van der Waals surface area (Å²) < 4.78 is 6.67. The van der Waals surface area contributed by atoms with Crippen molar-refractivity contribution < 1.29 is 4.74 Å². The van der Waals surface area contributed by atoms with Crippen molar-refractivity contribution in [2.24, 2.45) is 0 Å². The van der Waals surface area contributed by atoms with E-state index in [0.29, 0.717) is 16.7 Å². The Balaban J connectivity index is 1.90. The van der Waals surface area contributed by atoms with Gasteiger partial charge in [-0.3, -0.25) is 0 Å². The molecular formula is C14H12ClN5O. The fourth-order valence-corrected chi connectivity index (χ4v) is 2.07. The smallest absolute Gasteiger partial charge is 0.252 e. The molecule has 0 amide bonds. The van der Waals surface area contributed by atoms with Crippen LogP contribution in [-0.2, 0) is 0 Å². The molecule has 3 rings (SSSR count). The number of nitrogens with one attached hydrogen (secondary N) is 1. The van der Waals surface area contributed by atoms with Gasteiger partial charge < -0.3 is 10.1 Å². The lowest BCUT2D eigenvalue weighted by molar-refractivity contribution is 0.415. The number of hydrogen-bond acceptors (Lipinski definition) is 5. The molecule has 0 aliphatic rings. The number of hydrogen-bond donors (Lipinski definition) is 1. The Morgan fingerprint density at radius 3 is 2.57 bits per heavy atom. The summed E-state index contributed by atoms with van der Waals surface area (Å²) >= 11 is 6.17. The molecule has 0 fully saturated rings. The minimum Gasteiger partial charge on any atom is -0.497 e. The lowest BCUT2D eigenvalue weighted by Crippen LogP contribution is -2.03. The van der Waals surface area contributed by atoms with Crippen LogP contribution in [-0.4, -0.2) is 27.3 Å². The first-order chi connectivity index (χ1) is 10.3. The van der Waals surface area contributed by atoms with Crippen molar-refractivity contribution in [3.63, 3.8) is 0 Å². The third-order valence-electron chi connectivity index (χ3n) is 2.90. The number of aromatic nitrogens is 4. The van der Waals surface area contributed by atoms with Gasteiger partial charge in [0.1, 0.15) is 5.75 Å². The molecule has 1 aromatic heterocycles. The number of ether oxygens (including phenoxy) is 1. The molecule has 106 valence electrons. The lowest BCUT2D eigenvalue weighted by atomic mass is 10.3. The predicted octanol–water partition coefficient (Wildman–Crippen LogP) is 3.07. The highest BCUT2D eigenvalue weighted by Gasteiger charge is 2.11. The maximum atomic E-state index is 6.17. The summed E-state index contributed by atoms with van der Waals surface area (Å²) in [6.07, 6.45) is 0. The third kappa shape index (κ3) is 2.80. The normalized spacial score (nSPS) is 10.4. The van der Waals surface area contributed by atoms with Gasteiger partial charge in [-0.15, -0.1) is 0 Å². The van der Waals surface area contributed by atoms with Gasteiger partial charge in [0.15, 0.2) is 0 Å². The third-order valence-corrected chi connectivity index (χ3v) is 3.22. The standard InChI is InChI=1S/C14H12ClN5O/c1-21-11-8-6-10(7-9-11)16-14-17-18-19-20(14)13-5-3-2-4-12(13)15/h2-9H,1H3,(H,16,17,19). The fourth-order valence-electron chi connectivity index (χ4n) is 1.85. The molecule has 0 radical (unpaired) electrons. The monoisotopic (exact) mass is 301 g/mol. The second kappa shape index (κ2) is 5.80. The van der Waals surface area contributed by atoms with Crippen LogP contribution >= 0.6 is 11.6 Å². The van der Waals surface area contributed by atoms with Gasteiger partial charge in [0, 0.05) is 5.69 Å². The van der Waals surface area contributed by atoms with Crippen LogP contribution in [0.2, 0.25) is 5.02 Å². The Bertz CT molecular complexity index is 741. The number of halogens is 1. The van der Waals surface area contributed by atoms with E-state index in [1.54, 1.807) is 17.9 Å². The highest BCUT2D eigenvalue weighted by molar-refractivity contribution is 6.32. The Kier molecular flexibility index (Phi) is 3.70. The van der Waals surface area contributed by atoms with Crippen molar-refractivity contribution in [1.82, 2.24) is 20.2 Å². The van der Waals surface area contributed by atoms with E-state index in [2.05, 4.69) is 20.8 Å². The largest absolute Gasteiger partial charge is 0.497 e. The van der Waals surface area contributed by atoms with Gasteiger partial charge in [0.25, 0.3) is 5.95 Å². The van der Waals surface area contributed by atoms with Gasteiger partial charge in [-0.2, -0.15) is 4.68 Å². The van der Waals surface area contributed by atoms with Gasteiger partial charge >= 0.3 is 0 Å². The number of benzene rings is 2. The average Bonchev–Trinajstić information content (AvgIpc) is 2.96. The minimum absolute atomic E-state index is 0.480. The summed E-state index contributed by atoms with van der Waals surface area (Å²) in [5, 5.41) is 15.3.